The molecule has 160 valence electrons. The molecule has 0 saturated carbocycles. The smallest absolute Gasteiger partial charge is 0.215 e. The lowest BCUT2D eigenvalue weighted by Crippen LogP contribution is -2.44. The van der Waals surface area contributed by atoms with Crippen LogP contribution in [0.3, 0.4) is 0 Å². The number of sulfonamides is 1. The van der Waals surface area contributed by atoms with Crippen molar-refractivity contribution in [3.05, 3.63) is 29.6 Å². The van der Waals surface area contributed by atoms with Gasteiger partial charge in [0.1, 0.15) is 0 Å². The van der Waals surface area contributed by atoms with Crippen molar-refractivity contribution in [2.24, 2.45) is 4.99 Å². The number of thioether (sulfide) groups is 1. The van der Waals surface area contributed by atoms with Crippen LogP contribution in [0, 0.1) is 5.82 Å². The molecule has 1 aliphatic rings. The number of hydrogen-bond acceptors (Lipinski definition) is 5. The Morgan fingerprint density at radius 2 is 2.07 bits per heavy atom. The Morgan fingerprint density at radius 3 is 2.64 bits per heavy atom. The van der Waals surface area contributed by atoms with Gasteiger partial charge in [-0.1, -0.05) is 6.07 Å². The lowest BCUT2D eigenvalue weighted by molar-refractivity contribution is 0.385. The van der Waals surface area contributed by atoms with Gasteiger partial charge in [0.05, 0.1) is 12.9 Å². The van der Waals surface area contributed by atoms with E-state index in [1.807, 2.05) is 11.9 Å². The van der Waals surface area contributed by atoms with Crippen molar-refractivity contribution >= 4 is 51.7 Å². The van der Waals surface area contributed by atoms with E-state index in [-0.39, 0.29) is 42.0 Å². The van der Waals surface area contributed by atoms with E-state index in [9.17, 15) is 12.8 Å². The van der Waals surface area contributed by atoms with Crippen LogP contribution >= 0.6 is 35.7 Å². The average molecular weight is 546 g/mol. The highest BCUT2D eigenvalue weighted by atomic mass is 127. The van der Waals surface area contributed by atoms with Gasteiger partial charge >= 0.3 is 0 Å². The Labute approximate surface area is 188 Å². The average Bonchev–Trinajstić information content (AvgIpc) is 2.66. The van der Waals surface area contributed by atoms with Gasteiger partial charge in [-0.25, -0.2) is 17.1 Å². The Morgan fingerprint density at radius 1 is 1.39 bits per heavy atom. The molecule has 0 atom stereocenters. The fourth-order valence-corrected chi connectivity index (χ4v) is 5.28. The second kappa shape index (κ2) is 12.0. The first-order chi connectivity index (χ1) is 12.9. The van der Waals surface area contributed by atoms with Crippen LogP contribution in [0.15, 0.2) is 23.2 Å². The van der Waals surface area contributed by atoms with Crippen molar-refractivity contribution in [1.82, 2.24) is 14.5 Å². The van der Waals surface area contributed by atoms with Gasteiger partial charge in [0.15, 0.2) is 17.5 Å². The molecule has 0 amide bonds. The predicted molar refractivity (Wildman–Crippen MR) is 124 cm³/mol. The third-order valence-corrected chi connectivity index (χ3v) is 7.03. The van der Waals surface area contributed by atoms with Gasteiger partial charge in [0.25, 0.3) is 0 Å². The zero-order valence-corrected chi connectivity index (χ0v) is 20.3. The largest absolute Gasteiger partial charge is 0.494 e. The van der Waals surface area contributed by atoms with E-state index in [1.54, 1.807) is 35.2 Å². The predicted octanol–water partition coefficient (Wildman–Crippen LogP) is 1.84. The first kappa shape index (κ1) is 25.2. The summed E-state index contributed by atoms with van der Waals surface area (Å²) in [4.78, 5) is 5.98. The zero-order valence-electron chi connectivity index (χ0n) is 16.4. The molecule has 0 aliphatic carbocycles. The van der Waals surface area contributed by atoms with Gasteiger partial charge in [0, 0.05) is 51.8 Å². The summed E-state index contributed by atoms with van der Waals surface area (Å²) in [5, 5.41) is 3.07. The molecule has 1 saturated heterocycles. The van der Waals surface area contributed by atoms with E-state index in [0.717, 1.165) is 17.1 Å². The second-order valence-corrected chi connectivity index (χ2v) is 9.44. The van der Waals surface area contributed by atoms with Gasteiger partial charge in [0.2, 0.25) is 10.0 Å². The first-order valence-electron chi connectivity index (χ1n) is 8.67. The van der Waals surface area contributed by atoms with E-state index in [1.165, 1.54) is 13.2 Å². The van der Waals surface area contributed by atoms with E-state index in [2.05, 4.69) is 10.3 Å². The van der Waals surface area contributed by atoms with Crippen molar-refractivity contribution < 1.29 is 17.5 Å². The minimum atomic E-state index is -3.26. The van der Waals surface area contributed by atoms with E-state index >= 15 is 0 Å². The Hall–Kier alpha value is -0.790. The van der Waals surface area contributed by atoms with Gasteiger partial charge in [-0.15, -0.1) is 24.0 Å². The van der Waals surface area contributed by atoms with Crippen LogP contribution in [0.5, 0.6) is 5.75 Å². The first-order valence-corrected chi connectivity index (χ1v) is 11.4. The number of nitrogens with one attached hydrogen (secondary N) is 1. The lowest BCUT2D eigenvalue weighted by Gasteiger charge is -2.26. The number of hydrogen-bond donors (Lipinski definition) is 1. The summed E-state index contributed by atoms with van der Waals surface area (Å²) in [6.07, 6.45) is 0. The fraction of sp³-hybridized carbons (Fsp3) is 0.588. The number of nitrogens with zero attached hydrogens (tertiary/aromatic N) is 3. The molecule has 1 heterocycles. The fourth-order valence-electron chi connectivity index (χ4n) is 2.79. The van der Waals surface area contributed by atoms with E-state index < -0.39 is 15.8 Å². The molecule has 0 aromatic heterocycles. The van der Waals surface area contributed by atoms with Crippen molar-refractivity contribution in [2.45, 2.75) is 6.54 Å². The SMILES string of the molecule is CN=C(NCCS(=O)(=O)N1CCSCC1)N(C)Cc1ccc(OC)c(F)c1.I. The quantitative estimate of drug-likeness (QED) is 0.320. The minimum Gasteiger partial charge on any atom is -0.494 e. The molecule has 0 bridgehead atoms. The number of methoxy groups -OCH3 is 1. The van der Waals surface area contributed by atoms with Crippen molar-refractivity contribution in [2.75, 3.05) is 58.1 Å². The monoisotopic (exact) mass is 546 g/mol. The summed E-state index contributed by atoms with van der Waals surface area (Å²) < 4.78 is 45.1. The summed E-state index contributed by atoms with van der Waals surface area (Å²) in [5.74, 6) is 2.03. The Bertz CT molecular complexity index is 759. The molecule has 1 aromatic carbocycles. The van der Waals surface area contributed by atoms with Crippen LogP contribution in [-0.4, -0.2) is 81.7 Å². The lowest BCUT2D eigenvalue weighted by atomic mass is 10.2. The highest BCUT2D eigenvalue weighted by Crippen LogP contribution is 2.18. The van der Waals surface area contributed by atoms with Crippen LogP contribution in [0.2, 0.25) is 0 Å². The maximum absolute atomic E-state index is 13.8. The standard InChI is InChI=1S/C17H27FN4O3S2.HI/c1-19-17(20-6-11-27(23,24)22-7-9-26-10-8-22)21(2)13-14-4-5-16(25-3)15(18)12-14;/h4-5,12H,6-11,13H2,1-3H3,(H,19,20);1H. The number of aliphatic imine (C=N–C) groups is 1. The number of benzene rings is 1. The minimum absolute atomic E-state index is 0. The second-order valence-electron chi connectivity index (χ2n) is 6.13. The third kappa shape index (κ3) is 7.23. The molecular formula is C17H28FIN4O3S2. The van der Waals surface area contributed by atoms with Gasteiger partial charge < -0.3 is 15.0 Å². The maximum atomic E-state index is 13.8. The van der Waals surface area contributed by atoms with Crippen LogP contribution in [0.25, 0.3) is 0 Å². The summed E-state index contributed by atoms with van der Waals surface area (Å²) in [5.41, 5.74) is 0.761. The molecule has 1 aliphatic heterocycles. The van der Waals surface area contributed by atoms with Gasteiger partial charge in [-0.05, 0) is 17.7 Å². The van der Waals surface area contributed by atoms with Crippen molar-refractivity contribution in [3.8, 4) is 5.75 Å². The van der Waals surface area contributed by atoms with Crippen LogP contribution in [0.4, 0.5) is 4.39 Å². The molecule has 0 unspecified atom stereocenters. The Balaban J connectivity index is 0.00000392. The number of guanidine groups is 1. The molecule has 7 nitrogen and oxygen atoms in total. The third-order valence-electron chi connectivity index (χ3n) is 4.22. The molecule has 11 heteroatoms. The summed E-state index contributed by atoms with van der Waals surface area (Å²) >= 11 is 1.77. The molecule has 1 aromatic rings. The molecule has 28 heavy (non-hydrogen) atoms. The molecule has 0 radical (unpaired) electrons. The van der Waals surface area contributed by atoms with Crippen molar-refractivity contribution in [3.63, 3.8) is 0 Å². The highest BCUT2D eigenvalue weighted by Gasteiger charge is 2.23. The van der Waals surface area contributed by atoms with Crippen LogP contribution in [0.1, 0.15) is 5.56 Å². The maximum Gasteiger partial charge on any atom is 0.215 e. The normalized spacial score (nSPS) is 15.6. The van der Waals surface area contributed by atoms with Gasteiger partial charge in [-0.3, -0.25) is 4.99 Å². The summed E-state index contributed by atoms with van der Waals surface area (Å²) in [6, 6.07) is 4.78. The number of ether oxygens (including phenoxy) is 1. The summed E-state index contributed by atoms with van der Waals surface area (Å²) in [6.45, 7) is 1.84. The van der Waals surface area contributed by atoms with Crippen LogP contribution in [-0.2, 0) is 16.6 Å². The zero-order chi connectivity index (χ0) is 19.9. The number of halogens is 2. The topological polar surface area (TPSA) is 74.2 Å². The number of rotatable bonds is 7. The van der Waals surface area contributed by atoms with Gasteiger partial charge in [-0.2, -0.15) is 11.8 Å². The van der Waals surface area contributed by atoms with Crippen molar-refractivity contribution in [1.29, 1.82) is 0 Å². The Kier molecular flexibility index (Phi) is 10.8. The van der Waals surface area contributed by atoms with Crippen LogP contribution < -0.4 is 10.1 Å². The molecular weight excluding hydrogens is 518 g/mol. The molecule has 0 spiro atoms. The molecule has 1 fully saturated rings. The van der Waals surface area contributed by atoms with E-state index in [0.29, 0.717) is 25.6 Å². The summed E-state index contributed by atoms with van der Waals surface area (Å²) in [7, 11) is 1.60. The molecule has 1 N–H and O–H groups in total. The highest BCUT2D eigenvalue weighted by molar-refractivity contribution is 14.0. The molecule has 2 rings (SSSR count). The van der Waals surface area contributed by atoms with E-state index in [4.69, 9.17) is 4.74 Å².